The molecule has 1 unspecified atom stereocenters. The number of hydrogen-bond acceptors (Lipinski definition) is 4. The lowest BCUT2D eigenvalue weighted by Gasteiger charge is -2.14. The van der Waals surface area contributed by atoms with Gasteiger partial charge in [-0.3, -0.25) is 4.79 Å². The van der Waals surface area contributed by atoms with E-state index in [0.717, 1.165) is 20.7 Å². The van der Waals surface area contributed by atoms with Crippen molar-refractivity contribution in [3.8, 4) is 16.3 Å². The lowest BCUT2D eigenvalue weighted by atomic mass is 10.2. The van der Waals surface area contributed by atoms with Crippen molar-refractivity contribution in [2.24, 2.45) is 0 Å². The first kappa shape index (κ1) is 17.7. The second kappa shape index (κ2) is 8.31. The topological polar surface area (TPSA) is 67.0 Å². The van der Waals surface area contributed by atoms with E-state index in [9.17, 15) is 4.79 Å². The third kappa shape index (κ3) is 4.70. The molecule has 0 aliphatic rings. The summed E-state index contributed by atoms with van der Waals surface area (Å²) in [6.45, 7) is 2.26. The van der Waals surface area contributed by atoms with Crippen LogP contribution in [0.2, 0.25) is 0 Å². The molecule has 0 saturated heterocycles. The molecule has 1 aromatic carbocycles. The SMILES string of the molecule is CC(Oc1ccc(Br)cc1)C(=O)NCCc1[nH]cnc1-c1cccs1. The van der Waals surface area contributed by atoms with Gasteiger partial charge in [-0.1, -0.05) is 22.0 Å². The molecule has 0 bridgehead atoms. The van der Waals surface area contributed by atoms with E-state index < -0.39 is 6.10 Å². The highest BCUT2D eigenvalue weighted by atomic mass is 79.9. The van der Waals surface area contributed by atoms with Gasteiger partial charge >= 0.3 is 0 Å². The number of amides is 1. The Balaban J connectivity index is 1.49. The van der Waals surface area contributed by atoms with E-state index in [1.165, 1.54) is 0 Å². The van der Waals surface area contributed by atoms with Gasteiger partial charge in [0, 0.05) is 23.1 Å². The van der Waals surface area contributed by atoms with Crippen molar-refractivity contribution in [3.63, 3.8) is 0 Å². The molecule has 25 heavy (non-hydrogen) atoms. The number of rotatable bonds is 7. The molecule has 0 radical (unpaired) electrons. The van der Waals surface area contributed by atoms with Crippen LogP contribution in [0.1, 0.15) is 12.6 Å². The summed E-state index contributed by atoms with van der Waals surface area (Å²) >= 11 is 5.02. The van der Waals surface area contributed by atoms with Gasteiger partial charge in [0.1, 0.15) is 11.4 Å². The molecule has 3 rings (SSSR count). The standard InChI is InChI=1S/C18H18BrN3O2S/c1-12(24-14-6-4-13(19)5-7-14)18(23)20-9-8-15-17(22-11-21-15)16-3-2-10-25-16/h2-7,10-12H,8-9H2,1H3,(H,20,23)(H,21,22). The zero-order valence-electron chi connectivity index (χ0n) is 13.7. The van der Waals surface area contributed by atoms with E-state index in [4.69, 9.17) is 4.74 Å². The highest BCUT2D eigenvalue weighted by Gasteiger charge is 2.15. The summed E-state index contributed by atoms with van der Waals surface area (Å²) in [4.78, 5) is 20.8. The number of nitrogens with zero attached hydrogens (tertiary/aromatic N) is 1. The van der Waals surface area contributed by atoms with Crippen molar-refractivity contribution >= 4 is 33.2 Å². The molecule has 7 heteroatoms. The van der Waals surface area contributed by atoms with Crippen molar-refractivity contribution in [2.45, 2.75) is 19.4 Å². The van der Waals surface area contributed by atoms with E-state index >= 15 is 0 Å². The highest BCUT2D eigenvalue weighted by molar-refractivity contribution is 9.10. The number of halogens is 1. The van der Waals surface area contributed by atoms with E-state index in [1.54, 1.807) is 24.6 Å². The molecule has 1 amide bonds. The van der Waals surface area contributed by atoms with Crippen molar-refractivity contribution in [3.05, 3.63) is 58.3 Å². The lowest BCUT2D eigenvalue weighted by molar-refractivity contribution is -0.127. The molecule has 5 nitrogen and oxygen atoms in total. The number of ether oxygens (including phenoxy) is 1. The Hall–Kier alpha value is -2.12. The van der Waals surface area contributed by atoms with Gasteiger partial charge in [0.2, 0.25) is 0 Å². The van der Waals surface area contributed by atoms with Gasteiger partial charge in [-0.15, -0.1) is 11.3 Å². The molecule has 0 aliphatic heterocycles. The summed E-state index contributed by atoms with van der Waals surface area (Å²) < 4.78 is 6.62. The maximum Gasteiger partial charge on any atom is 0.260 e. The number of imidazole rings is 1. The number of H-pyrrole nitrogens is 1. The number of aromatic nitrogens is 2. The van der Waals surface area contributed by atoms with E-state index in [1.807, 2.05) is 41.8 Å². The van der Waals surface area contributed by atoms with Crippen LogP contribution >= 0.6 is 27.3 Å². The van der Waals surface area contributed by atoms with Crippen molar-refractivity contribution in [1.82, 2.24) is 15.3 Å². The summed E-state index contributed by atoms with van der Waals surface area (Å²) in [6.07, 6.45) is 1.81. The molecule has 3 aromatic rings. The lowest BCUT2D eigenvalue weighted by Crippen LogP contribution is -2.37. The molecule has 0 aliphatic carbocycles. The van der Waals surface area contributed by atoms with Crippen molar-refractivity contribution < 1.29 is 9.53 Å². The van der Waals surface area contributed by atoms with E-state index in [-0.39, 0.29) is 5.91 Å². The van der Waals surface area contributed by atoms with E-state index in [0.29, 0.717) is 18.7 Å². The predicted molar refractivity (Wildman–Crippen MR) is 103 cm³/mol. The Bertz CT molecular complexity index is 815. The van der Waals surface area contributed by atoms with Crippen LogP contribution in [0.5, 0.6) is 5.75 Å². The van der Waals surface area contributed by atoms with Crippen LogP contribution < -0.4 is 10.1 Å². The zero-order valence-corrected chi connectivity index (χ0v) is 16.1. The minimum atomic E-state index is -0.556. The molecule has 1 atom stereocenters. The first-order chi connectivity index (χ1) is 12.1. The number of hydrogen-bond donors (Lipinski definition) is 2. The highest BCUT2D eigenvalue weighted by Crippen LogP contribution is 2.25. The normalized spacial score (nSPS) is 11.9. The van der Waals surface area contributed by atoms with E-state index in [2.05, 4.69) is 31.2 Å². The van der Waals surface area contributed by atoms with Gasteiger partial charge in [-0.25, -0.2) is 4.98 Å². The van der Waals surface area contributed by atoms with Crippen LogP contribution in [0.4, 0.5) is 0 Å². The van der Waals surface area contributed by atoms with Crippen LogP contribution in [0.3, 0.4) is 0 Å². The molecular weight excluding hydrogens is 402 g/mol. The molecule has 0 fully saturated rings. The Morgan fingerprint density at radius 1 is 1.36 bits per heavy atom. The Kier molecular flexibility index (Phi) is 5.88. The average molecular weight is 420 g/mol. The molecule has 0 spiro atoms. The van der Waals surface area contributed by atoms with Crippen LogP contribution in [-0.4, -0.2) is 28.5 Å². The first-order valence-corrected chi connectivity index (χ1v) is 9.57. The second-order valence-electron chi connectivity index (χ2n) is 5.46. The predicted octanol–water partition coefficient (Wildman–Crippen LogP) is 4.03. The number of aromatic amines is 1. The third-order valence-corrected chi connectivity index (χ3v) is 5.05. The molecule has 2 N–H and O–H groups in total. The molecule has 2 aromatic heterocycles. The summed E-state index contributed by atoms with van der Waals surface area (Å²) in [5.74, 6) is 0.527. The van der Waals surface area contributed by atoms with Crippen LogP contribution in [-0.2, 0) is 11.2 Å². The monoisotopic (exact) mass is 419 g/mol. The van der Waals surface area contributed by atoms with Gasteiger partial charge in [0.15, 0.2) is 6.10 Å². The Morgan fingerprint density at radius 2 is 2.16 bits per heavy atom. The van der Waals surface area contributed by atoms with Crippen molar-refractivity contribution in [1.29, 1.82) is 0 Å². The van der Waals surface area contributed by atoms with Gasteiger partial charge in [-0.2, -0.15) is 0 Å². The first-order valence-electron chi connectivity index (χ1n) is 7.89. The smallest absolute Gasteiger partial charge is 0.260 e. The van der Waals surface area contributed by atoms with Gasteiger partial charge in [0.05, 0.1) is 11.2 Å². The van der Waals surface area contributed by atoms with Crippen LogP contribution in [0.25, 0.3) is 10.6 Å². The summed E-state index contributed by atoms with van der Waals surface area (Å²) in [6, 6.07) is 11.4. The summed E-state index contributed by atoms with van der Waals surface area (Å²) in [7, 11) is 0. The molecule has 2 heterocycles. The maximum absolute atomic E-state index is 12.2. The Morgan fingerprint density at radius 3 is 2.88 bits per heavy atom. The average Bonchev–Trinajstić information content (AvgIpc) is 3.27. The van der Waals surface area contributed by atoms with Crippen LogP contribution in [0.15, 0.2) is 52.6 Å². The fourth-order valence-electron chi connectivity index (χ4n) is 2.36. The maximum atomic E-state index is 12.2. The zero-order chi connectivity index (χ0) is 17.6. The van der Waals surface area contributed by atoms with Crippen molar-refractivity contribution in [2.75, 3.05) is 6.54 Å². The minimum absolute atomic E-state index is 0.139. The number of carbonyl (C=O) groups excluding carboxylic acids is 1. The number of carbonyl (C=O) groups is 1. The fourth-order valence-corrected chi connectivity index (χ4v) is 3.38. The summed E-state index contributed by atoms with van der Waals surface area (Å²) in [5, 5.41) is 4.93. The third-order valence-electron chi connectivity index (χ3n) is 3.64. The summed E-state index contributed by atoms with van der Waals surface area (Å²) in [5.41, 5.74) is 1.97. The van der Waals surface area contributed by atoms with Gasteiger partial charge < -0.3 is 15.0 Å². The number of nitrogens with one attached hydrogen (secondary N) is 2. The largest absolute Gasteiger partial charge is 0.481 e. The van der Waals surface area contributed by atoms with Gasteiger partial charge in [0.25, 0.3) is 5.91 Å². The van der Waals surface area contributed by atoms with Gasteiger partial charge in [-0.05, 0) is 42.6 Å². The molecule has 0 saturated carbocycles. The number of thiophene rings is 1. The second-order valence-corrected chi connectivity index (χ2v) is 7.33. The fraction of sp³-hybridized carbons (Fsp3) is 0.222. The molecule has 130 valence electrons. The quantitative estimate of drug-likeness (QED) is 0.607. The molecular formula is C18H18BrN3O2S. The Labute approximate surface area is 158 Å². The number of benzene rings is 1. The van der Waals surface area contributed by atoms with Crippen LogP contribution in [0, 0.1) is 0 Å². The minimum Gasteiger partial charge on any atom is -0.481 e.